The molecule has 0 amide bonds. The topological polar surface area (TPSA) is 76.0 Å². The number of nitrogens with zero attached hydrogens (tertiary/aromatic N) is 2. The van der Waals surface area contributed by atoms with Gasteiger partial charge in [-0.2, -0.15) is 17.9 Å². The molecule has 1 heterocycles. The second kappa shape index (κ2) is 9.81. The second-order valence-electron chi connectivity index (χ2n) is 8.41. The molecule has 4 rings (SSSR count). The highest BCUT2D eigenvalue weighted by molar-refractivity contribution is 7.89. The van der Waals surface area contributed by atoms with Crippen LogP contribution in [0.5, 0.6) is 0 Å². The molecule has 3 aromatic rings. The van der Waals surface area contributed by atoms with Gasteiger partial charge in [0, 0.05) is 24.0 Å². The number of aryl methyl sites for hydroxylation is 1. The van der Waals surface area contributed by atoms with E-state index in [2.05, 4.69) is 0 Å². The van der Waals surface area contributed by atoms with Crippen LogP contribution in [0, 0.1) is 12.8 Å². The number of carbonyl (C=O) groups is 1. The molecule has 0 N–H and O–H groups in total. The Morgan fingerprint density at radius 3 is 2.29 bits per heavy atom. The van der Waals surface area contributed by atoms with E-state index in [1.807, 2.05) is 68.4 Å². The van der Waals surface area contributed by atoms with E-state index < -0.39 is 22.0 Å². The number of hydrazone groups is 1. The average Bonchev–Trinajstić information content (AvgIpc) is 2.84. The van der Waals surface area contributed by atoms with Crippen molar-refractivity contribution in [3.8, 4) is 0 Å². The Balaban J connectivity index is 1.93. The van der Waals surface area contributed by atoms with E-state index >= 15 is 0 Å². The number of esters is 1. The van der Waals surface area contributed by atoms with Crippen LogP contribution in [0.1, 0.15) is 48.6 Å². The van der Waals surface area contributed by atoms with Crippen LogP contribution < -0.4 is 0 Å². The maximum Gasteiger partial charge on any atom is 0.302 e. The highest BCUT2D eigenvalue weighted by Gasteiger charge is 2.41. The Morgan fingerprint density at radius 2 is 1.65 bits per heavy atom. The van der Waals surface area contributed by atoms with Crippen LogP contribution in [-0.4, -0.2) is 31.1 Å². The van der Waals surface area contributed by atoms with Crippen molar-refractivity contribution in [3.05, 3.63) is 101 Å². The van der Waals surface area contributed by atoms with Gasteiger partial charge in [0.2, 0.25) is 0 Å². The maximum atomic E-state index is 14.0. The second-order valence-corrected chi connectivity index (χ2v) is 10.2. The fraction of sp³-hybridized carbons (Fsp3) is 0.259. The molecular weight excluding hydrogens is 448 g/mol. The van der Waals surface area contributed by atoms with Crippen LogP contribution in [0.2, 0.25) is 0 Å². The van der Waals surface area contributed by atoms with E-state index in [1.165, 1.54) is 11.3 Å². The predicted molar refractivity (Wildman–Crippen MR) is 132 cm³/mol. The molecule has 176 valence electrons. The number of sulfonamides is 1. The highest BCUT2D eigenvalue weighted by atomic mass is 32.2. The summed E-state index contributed by atoms with van der Waals surface area (Å²) in [5, 5.41) is 4.76. The molecule has 0 fully saturated rings. The minimum absolute atomic E-state index is 0.0982. The summed E-state index contributed by atoms with van der Waals surface area (Å²) in [5.41, 5.74) is 4.09. The molecule has 0 aliphatic carbocycles. The van der Waals surface area contributed by atoms with Gasteiger partial charge in [0.15, 0.2) is 0 Å². The zero-order chi connectivity index (χ0) is 24.3. The molecule has 0 bridgehead atoms. The quantitative estimate of drug-likeness (QED) is 0.446. The van der Waals surface area contributed by atoms with Gasteiger partial charge >= 0.3 is 5.97 Å². The van der Waals surface area contributed by atoms with Gasteiger partial charge in [0.05, 0.1) is 23.3 Å². The number of benzene rings is 3. The zero-order valence-electron chi connectivity index (χ0n) is 19.5. The van der Waals surface area contributed by atoms with Crippen LogP contribution in [0.4, 0.5) is 0 Å². The largest absolute Gasteiger partial charge is 0.465 e. The first kappa shape index (κ1) is 23.7. The van der Waals surface area contributed by atoms with E-state index in [0.29, 0.717) is 12.1 Å². The third-order valence-corrected chi connectivity index (χ3v) is 7.72. The summed E-state index contributed by atoms with van der Waals surface area (Å²) in [7, 11) is -4.00. The van der Waals surface area contributed by atoms with Crippen LogP contribution in [0.25, 0.3) is 0 Å². The fourth-order valence-corrected chi connectivity index (χ4v) is 5.70. The van der Waals surface area contributed by atoms with Crippen molar-refractivity contribution in [1.82, 2.24) is 4.41 Å². The first-order valence-corrected chi connectivity index (χ1v) is 12.7. The lowest BCUT2D eigenvalue weighted by molar-refractivity contribution is -0.142. The van der Waals surface area contributed by atoms with Crippen LogP contribution >= 0.6 is 0 Å². The summed E-state index contributed by atoms with van der Waals surface area (Å²) in [6.07, 6.45) is 0.600. The van der Waals surface area contributed by atoms with Crippen molar-refractivity contribution in [2.45, 2.75) is 38.1 Å². The molecule has 0 saturated carbocycles. The molecule has 7 heteroatoms. The van der Waals surface area contributed by atoms with Gasteiger partial charge in [0.25, 0.3) is 10.0 Å². The number of ether oxygens (including phenoxy) is 1. The summed E-state index contributed by atoms with van der Waals surface area (Å²) < 4.78 is 34.5. The smallest absolute Gasteiger partial charge is 0.302 e. The standard InChI is InChI=1S/C27H28N2O4S/c1-4-21(18-33-20(3)30)27-25-13-9-8-12-24(25)26(22-10-6-5-7-11-22)28-29(27)34(31,32)23-16-14-19(2)15-17-23/h5-17,21,27H,4,18H2,1-3H3. The average molecular weight is 477 g/mol. The summed E-state index contributed by atoms with van der Waals surface area (Å²) in [4.78, 5) is 11.7. The van der Waals surface area contributed by atoms with E-state index in [0.717, 1.165) is 22.3 Å². The summed E-state index contributed by atoms with van der Waals surface area (Å²) in [5.74, 6) is -0.685. The van der Waals surface area contributed by atoms with Crippen LogP contribution in [0.3, 0.4) is 0 Å². The van der Waals surface area contributed by atoms with Gasteiger partial charge in [-0.3, -0.25) is 4.79 Å². The Kier molecular flexibility index (Phi) is 6.84. The number of hydrogen-bond acceptors (Lipinski definition) is 5. The predicted octanol–water partition coefficient (Wildman–Crippen LogP) is 5.08. The number of fused-ring (bicyclic) bond motifs is 1. The summed E-state index contributed by atoms with van der Waals surface area (Å²) in [6.45, 7) is 5.33. The van der Waals surface area contributed by atoms with Gasteiger partial charge in [-0.25, -0.2) is 0 Å². The van der Waals surface area contributed by atoms with Crippen molar-refractivity contribution in [2.75, 3.05) is 6.61 Å². The minimum atomic E-state index is -4.00. The third kappa shape index (κ3) is 4.61. The molecule has 0 spiro atoms. The first-order valence-electron chi connectivity index (χ1n) is 11.3. The molecule has 6 nitrogen and oxygen atoms in total. The lowest BCUT2D eigenvalue weighted by atomic mass is 9.85. The molecule has 2 atom stereocenters. The Bertz CT molecular complexity index is 1300. The molecule has 34 heavy (non-hydrogen) atoms. The first-order chi connectivity index (χ1) is 16.3. The van der Waals surface area contributed by atoms with Gasteiger partial charge in [-0.1, -0.05) is 79.2 Å². The molecule has 1 aliphatic heterocycles. The SMILES string of the molecule is CCC(COC(C)=O)C1c2ccccc2C(c2ccccc2)=NN1S(=O)(=O)c1ccc(C)cc1. The van der Waals surface area contributed by atoms with Crippen molar-refractivity contribution in [2.24, 2.45) is 11.0 Å². The minimum Gasteiger partial charge on any atom is -0.465 e. The van der Waals surface area contributed by atoms with E-state index in [1.54, 1.807) is 24.3 Å². The van der Waals surface area contributed by atoms with E-state index in [4.69, 9.17) is 9.84 Å². The molecular formula is C27H28N2O4S. The third-order valence-electron chi connectivity index (χ3n) is 6.05. The molecule has 3 aromatic carbocycles. The van der Waals surface area contributed by atoms with Crippen molar-refractivity contribution < 1.29 is 17.9 Å². The van der Waals surface area contributed by atoms with Crippen LogP contribution in [-0.2, 0) is 19.6 Å². The number of hydrogen-bond donors (Lipinski definition) is 0. The molecule has 0 aromatic heterocycles. The van der Waals surface area contributed by atoms with Gasteiger partial charge in [0.1, 0.15) is 0 Å². The number of rotatable bonds is 7. The van der Waals surface area contributed by atoms with Crippen molar-refractivity contribution in [1.29, 1.82) is 0 Å². The van der Waals surface area contributed by atoms with E-state index in [9.17, 15) is 13.2 Å². The summed E-state index contributed by atoms with van der Waals surface area (Å²) in [6, 6.07) is 23.4. The Morgan fingerprint density at radius 1 is 1.00 bits per heavy atom. The zero-order valence-corrected chi connectivity index (χ0v) is 20.3. The van der Waals surface area contributed by atoms with Crippen molar-refractivity contribution in [3.63, 3.8) is 0 Å². The van der Waals surface area contributed by atoms with Crippen molar-refractivity contribution >= 4 is 21.7 Å². The molecule has 0 saturated heterocycles. The lowest BCUT2D eigenvalue weighted by Gasteiger charge is -2.38. The monoisotopic (exact) mass is 476 g/mol. The summed E-state index contributed by atoms with van der Waals surface area (Å²) >= 11 is 0. The molecule has 0 radical (unpaired) electrons. The Labute approximate surface area is 200 Å². The highest BCUT2D eigenvalue weighted by Crippen LogP contribution is 2.41. The lowest BCUT2D eigenvalue weighted by Crippen LogP contribution is -2.41. The maximum absolute atomic E-state index is 14.0. The van der Waals surface area contributed by atoms with Gasteiger partial charge < -0.3 is 4.74 Å². The van der Waals surface area contributed by atoms with Crippen LogP contribution in [0.15, 0.2) is 88.9 Å². The fourth-order valence-electron chi connectivity index (χ4n) is 4.23. The Hall–Kier alpha value is -3.45. The molecule has 1 aliphatic rings. The van der Waals surface area contributed by atoms with E-state index in [-0.39, 0.29) is 17.4 Å². The van der Waals surface area contributed by atoms with Gasteiger partial charge in [-0.15, -0.1) is 0 Å². The normalized spacial score (nSPS) is 16.4. The molecule has 2 unspecified atom stereocenters. The van der Waals surface area contributed by atoms with Gasteiger partial charge in [-0.05, 0) is 31.0 Å². The number of carbonyl (C=O) groups excluding carboxylic acids is 1.